The van der Waals surface area contributed by atoms with Gasteiger partial charge in [0.15, 0.2) is 10.9 Å². The Morgan fingerprint density at radius 1 is 1.37 bits per heavy atom. The van der Waals surface area contributed by atoms with Gasteiger partial charge in [0.05, 0.1) is 18.2 Å². The number of rotatable bonds is 8. The molecule has 0 atom stereocenters. The van der Waals surface area contributed by atoms with Crippen LogP contribution in [0, 0.1) is 11.3 Å². The maximum atomic E-state index is 12.8. The first-order chi connectivity index (χ1) is 13.2. The van der Waals surface area contributed by atoms with Crippen molar-refractivity contribution in [2.45, 2.75) is 23.9 Å². The monoisotopic (exact) mass is 381 g/mol. The number of thioether (sulfide) groups is 1. The second kappa shape index (κ2) is 9.05. The van der Waals surface area contributed by atoms with Gasteiger partial charge in [0.1, 0.15) is 5.76 Å². The molecule has 3 aromatic rings. The van der Waals surface area contributed by atoms with E-state index < -0.39 is 0 Å². The molecule has 0 N–H and O–H groups in total. The van der Waals surface area contributed by atoms with Crippen LogP contribution >= 0.6 is 11.8 Å². The average molecular weight is 381 g/mol. The van der Waals surface area contributed by atoms with Crippen LogP contribution in [0.15, 0.2) is 58.6 Å². The number of amides is 1. The van der Waals surface area contributed by atoms with Crippen molar-refractivity contribution in [3.8, 4) is 6.07 Å². The first-order valence-electron chi connectivity index (χ1n) is 8.41. The summed E-state index contributed by atoms with van der Waals surface area (Å²) >= 11 is 1.54. The molecule has 3 aromatic heterocycles. The lowest BCUT2D eigenvalue weighted by molar-refractivity contribution is 0.0713. The van der Waals surface area contributed by atoms with Gasteiger partial charge in [-0.1, -0.05) is 17.8 Å². The van der Waals surface area contributed by atoms with Gasteiger partial charge in [-0.2, -0.15) is 5.26 Å². The van der Waals surface area contributed by atoms with Gasteiger partial charge in [-0.15, -0.1) is 0 Å². The lowest BCUT2D eigenvalue weighted by Gasteiger charge is -2.20. The van der Waals surface area contributed by atoms with E-state index in [1.54, 1.807) is 35.6 Å². The van der Waals surface area contributed by atoms with E-state index in [9.17, 15) is 4.79 Å². The van der Waals surface area contributed by atoms with E-state index in [0.717, 1.165) is 10.7 Å². The van der Waals surface area contributed by atoms with Gasteiger partial charge < -0.3 is 13.9 Å². The molecule has 3 rings (SSSR count). The number of hydrogen-bond donors (Lipinski definition) is 0. The number of hydrogen-bond acceptors (Lipinski definition) is 6. The van der Waals surface area contributed by atoms with Crippen molar-refractivity contribution >= 4 is 17.7 Å². The van der Waals surface area contributed by atoms with E-state index in [0.29, 0.717) is 24.6 Å². The lowest BCUT2D eigenvalue weighted by atomic mass is 10.2. The lowest BCUT2D eigenvalue weighted by Crippen LogP contribution is -2.31. The van der Waals surface area contributed by atoms with E-state index in [2.05, 4.69) is 16.0 Å². The normalized spacial score (nSPS) is 10.5. The third-order valence-corrected chi connectivity index (χ3v) is 4.95. The van der Waals surface area contributed by atoms with E-state index in [1.807, 2.05) is 29.9 Å². The molecular weight excluding hydrogens is 362 g/mol. The highest BCUT2D eigenvalue weighted by Crippen LogP contribution is 2.22. The molecule has 0 aliphatic heterocycles. The Hall–Kier alpha value is -3.05. The van der Waals surface area contributed by atoms with Crippen molar-refractivity contribution < 1.29 is 9.21 Å². The molecule has 0 bridgehead atoms. The van der Waals surface area contributed by atoms with Crippen LogP contribution in [0.1, 0.15) is 28.3 Å². The zero-order valence-corrected chi connectivity index (χ0v) is 15.7. The zero-order chi connectivity index (χ0) is 19.1. The van der Waals surface area contributed by atoms with E-state index >= 15 is 0 Å². The number of aromatic nitrogens is 3. The first kappa shape index (κ1) is 18.7. The topological polar surface area (TPSA) is 88.0 Å². The molecule has 0 spiro atoms. The largest absolute Gasteiger partial charge is 0.455 e. The molecule has 27 heavy (non-hydrogen) atoms. The third-order valence-electron chi connectivity index (χ3n) is 3.87. The number of nitrogens with zero attached hydrogens (tertiary/aromatic N) is 5. The van der Waals surface area contributed by atoms with Crippen molar-refractivity contribution in [1.29, 1.82) is 5.26 Å². The second-order valence-electron chi connectivity index (χ2n) is 5.87. The highest BCUT2D eigenvalue weighted by Gasteiger charge is 2.20. The summed E-state index contributed by atoms with van der Waals surface area (Å²) in [6, 6.07) is 9.29. The van der Waals surface area contributed by atoms with Crippen LogP contribution < -0.4 is 0 Å². The van der Waals surface area contributed by atoms with Crippen LogP contribution in [0.2, 0.25) is 0 Å². The Labute approximate surface area is 161 Å². The Bertz CT molecular complexity index is 929. The molecule has 0 saturated heterocycles. The molecule has 0 fully saturated rings. The minimum atomic E-state index is -0.234. The fourth-order valence-corrected chi connectivity index (χ4v) is 3.33. The maximum Gasteiger partial charge on any atom is 0.289 e. The quantitative estimate of drug-likeness (QED) is 0.557. The van der Waals surface area contributed by atoms with Crippen LogP contribution in [0.5, 0.6) is 0 Å². The highest BCUT2D eigenvalue weighted by molar-refractivity contribution is 7.98. The average Bonchev–Trinajstić information content (AvgIpc) is 3.32. The van der Waals surface area contributed by atoms with Gasteiger partial charge in [-0.25, -0.2) is 4.98 Å². The molecule has 1 amide bonds. The van der Waals surface area contributed by atoms with Crippen LogP contribution in [0.3, 0.4) is 0 Å². The number of nitriles is 1. The van der Waals surface area contributed by atoms with E-state index in [-0.39, 0.29) is 18.1 Å². The number of carbonyl (C=O) groups is 1. The van der Waals surface area contributed by atoms with Crippen molar-refractivity contribution in [3.63, 3.8) is 0 Å². The van der Waals surface area contributed by atoms with E-state index in [4.69, 9.17) is 9.68 Å². The molecule has 138 valence electrons. The highest BCUT2D eigenvalue weighted by atomic mass is 32.2. The Kier molecular flexibility index (Phi) is 6.28. The predicted octanol–water partition coefficient (Wildman–Crippen LogP) is 3.26. The molecule has 0 aliphatic rings. The van der Waals surface area contributed by atoms with Gasteiger partial charge in [-0.05, 0) is 23.8 Å². The number of furan rings is 1. The van der Waals surface area contributed by atoms with Gasteiger partial charge in [-0.3, -0.25) is 9.78 Å². The summed E-state index contributed by atoms with van der Waals surface area (Å²) in [6.45, 7) is 0.717. The molecule has 0 saturated carbocycles. The predicted molar refractivity (Wildman–Crippen MR) is 101 cm³/mol. The van der Waals surface area contributed by atoms with Crippen molar-refractivity contribution in [3.05, 3.63) is 66.1 Å². The minimum Gasteiger partial charge on any atom is -0.455 e. The Morgan fingerprint density at radius 2 is 2.26 bits per heavy atom. The van der Waals surface area contributed by atoms with Gasteiger partial charge in [0.2, 0.25) is 0 Å². The first-order valence-corrected chi connectivity index (χ1v) is 9.40. The van der Waals surface area contributed by atoms with Crippen LogP contribution in [0.4, 0.5) is 0 Å². The number of aryl methyl sites for hydroxylation is 1. The maximum absolute atomic E-state index is 12.8. The summed E-state index contributed by atoms with van der Waals surface area (Å²) in [5.74, 6) is 1.32. The zero-order valence-electron chi connectivity index (χ0n) is 14.9. The van der Waals surface area contributed by atoms with Gasteiger partial charge in [0.25, 0.3) is 5.91 Å². The van der Waals surface area contributed by atoms with E-state index in [1.165, 1.54) is 11.8 Å². The van der Waals surface area contributed by atoms with Gasteiger partial charge in [0, 0.05) is 44.9 Å². The molecule has 0 aliphatic carbocycles. The smallest absolute Gasteiger partial charge is 0.289 e. The molecule has 8 heteroatoms. The molecule has 7 nitrogen and oxygen atoms in total. The number of carbonyl (C=O) groups excluding carboxylic acids is 1. The van der Waals surface area contributed by atoms with Crippen LogP contribution in [0.25, 0.3) is 0 Å². The third kappa shape index (κ3) is 4.99. The standard InChI is InChI=1S/C19H19N5O2S/c1-23-11-9-22-19(23)27-14-16-5-6-17(26-16)18(25)24(10-3-7-20)13-15-4-2-8-21-12-15/h2,4-6,8-9,11-12H,3,10,13-14H2,1H3. The number of pyridine rings is 1. The molecule has 0 unspecified atom stereocenters. The molecular formula is C19H19N5O2S. The van der Waals surface area contributed by atoms with Crippen LogP contribution in [-0.2, 0) is 19.3 Å². The SMILES string of the molecule is Cn1ccnc1SCc1ccc(C(=O)N(CCC#N)Cc2cccnc2)o1. The van der Waals surface area contributed by atoms with Crippen molar-refractivity contribution in [1.82, 2.24) is 19.4 Å². The Balaban J connectivity index is 1.67. The minimum absolute atomic E-state index is 0.234. The Morgan fingerprint density at radius 3 is 2.96 bits per heavy atom. The summed E-state index contributed by atoms with van der Waals surface area (Å²) in [7, 11) is 1.93. The number of imidazole rings is 1. The van der Waals surface area contributed by atoms with Crippen LogP contribution in [-0.4, -0.2) is 31.9 Å². The summed E-state index contributed by atoms with van der Waals surface area (Å²) in [5, 5.41) is 9.77. The fourth-order valence-electron chi connectivity index (χ4n) is 2.50. The second-order valence-corrected chi connectivity index (χ2v) is 6.81. The van der Waals surface area contributed by atoms with Gasteiger partial charge >= 0.3 is 0 Å². The molecule has 0 aromatic carbocycles. The molecule has 3 heterocycles. The summed E-state index contributed by atoms with van der Waals surface area (Å²) in [5.41, 5.74) is 0.904. The summed E-state index contributed by atoms with van der Waals surface area (Å²) in [4.78, 5) is 22.8. The van der Waals surface area contributed by atoms with Crippen molar-refractivity contribution in [2.75, 3.05) is 6.54 Å². The summed E-state index contributed by atoms with van der Waals surface area (Å²) < 4.78 is 7.66. The fraction of sp³-hybridized carbons (Fsp3) is 0.263. The summed E-state index contributed by atoms with van der Waals surface area (Å²) in [6.07, 6.45) is 7.27. The molecule has 0 radical (unpaired) electrons. The van der Waals surface area contributed by atoms with Crippen molar-refractivity contribution in [2.24, 2.45) is 7.05 Å².